The minimum Gasteiger partial charge on any atom is -0.477 e. The van der Waals surface area contributed by atoms with Crippen molar-refractivity contribution in [2.24, 2.45) is 5.16 Å². The molecule has 1 aromatic heterocycles. The van der Waals surface area contributed by atoms with E-state index in [0.717, 1.165) is 29.9 Å². The molecule has 0 unspecified atom stereocenters. The maximum absolute atomic E-state index is 11.8. The molecule has 0 fully saturated rings. The van der Waals surface area contributed by atoms with Crippen LogP contribution in [-0.2, 0) is 4.84 Å². The molecule has 0 aliphatic carbocycles. The van der Waals surface area contributed by atoms with Crippen molar-refractivity contribution in [3.8, 4) is 0 Å². The van der Waals surface area contributed by atoms with Gasteiger partial charge in [-0.2, -0.15) is 0 Å². The molecule has 0 bridgehead atoms. The molecule has 2 N–H and O–H groups in total. The number of nitrogens with one attached hydrogen (secondary N) is 1. The van der Waals surface area contributed by atoms with Crippen molar-refractivity contribution in [1.82, 2.24) is 5.32 Å². The zero-order valence-corrected chi connectivity index (χ0v) is 11.2. The van der Waals surface area contributed by atoms with Gasteiger partial charge in [0.15, 0.2) is 0 Å². The first-order chi connectivity index (χ1) is 9.10. The summed E-state index contributed by atoms with van der Waals surface area (Å²) in [6.07, 6.45) is 1.44. The lowest BCUT2D eigenvalue weighted by atomic mass is 10.1. The molecule has 0 saturated carbocycles. The maximum Gasteiger partial charge on any atom is 0.345 e. The van der Waals surface area contributed by atoms with E-state index in [9.17, 15) is 9.59 Å². The summed E-state index contributed by atoms with van der Waals surface area (Å²) in [6.45, 7) is 2.37. The van der Waals surface area contributed by atoms with E-state index in [2.05, 4.69) is 10.5 Å². The molecule has 1 aliphatic rings. The van der Waals surface area contributed by atoms with Gasteiger partial charge in [-0.25, -0.2) is 4.79 Å². The molecule has 19 heavy (non-hydrogen) atoms. The summed E-state index contributed by atoms with van der Waals surface area (Å²) < 4.78 is 0. The van der Waals surface area contributed by atoms with Gasteiger partial charge in [0.05, 0.1) is 17.1 Å². The molecule has 6 nitrogen and oxygen atoms in total. The predicted octanol–water partition coefficient (Wildman–Crippen LogP) is 1.73. The highest BCUT2D eigenvalue weighted by Gasteiger charge is 2.21. The van der Waals surface area contributed by atoms with Crippen LogP contribution in [0.1, 0.15) is 39.1 Å². The summed E-state index contributed by atoms with van der Waals surface area (Å²) in [5.74, 6) is -1.31. The summed E-state index contributed by atoms with van der Waals surface area (Å²) >= 11 is 0.956. The Morgan fingerprint density at radius 1 is 1.53 bits per heavy atom. The fourth-order valence-electron chi connectivity index (χ4n) is 1.67. The third kappa shape index (κ3) is 3.31. The Kier molecular flexibility index (Phi) is 4.16. The van der Waals surface area contributed by atoms with Gasteiger partial charge >= 0.3 is 5.97 Å². The number of aromatic carboxylic acids is 1. The topological polar surface area (TPSA) is 88.0 Å². The molecule has 0 aromatic carbocycles. The third-order valence-corrected chi connectivity index (χ3v) is 3.81. The number of carboxylic acids is 1. The predicted molar refractivity (Wildman–Crippen MR) is 70.8 cm³/mol. The van der Waals surface area contributed by atoms with Crippen LogP contribution < -0.4 is 5.32 Å². The minimum absolute atomic E-state index is 0.127. The number of thiophene rings is 1. The second-order valence-electron chi connectivity index (χ2n) is 4.12. The highest BCUT2D eigenvalue weighted by molar-refractivity contribution is 7.15. The lowest BCUT2D eigenvalue weighted by Crippen LogP contribution is -2.31. The zero-order chi connectivity index (χ0) is 13.8. The van der Waals surface area contributed by atoms with Gasteiger partial charge in [0.1, 0.15) is 11.0 Å². The number of oxime groups is 1. The van der Waals surface area contributed by atoms with Crippen molar-refractivity contribution in [3.05, 3.63) is 21.9 Å². The lowest BCUT2D eigenvalue weighted by molar-refractivity contribution is 0.0702. The number of carbonyl (C=O) groups is 2. The standard InChI is InChI=1S/C12H14N2O4S/c1-2-7-5-8(18-14-7)6-13-11(15)9-3-4-10(19-9)12(16)17/h3-4,8H,2,5-6H2,1H3,(H,13,15)(H,16,17)/t8-/m0/s1. The van der Waals surface area contributed by atoms with Gasteiger partial charge in [-0.15, -0.1) is 11.3 Å². The molecule has 0 saturated heterocycles. The molecule has 0 spiro atoms. The van der Waals surface area contributed by atoms with Gasteiger partial charge in [-0.3, -0.25) is 4.79 Å². The normalized spacial score (nSPS) is 17.7. The number of carbonyl (C=O) groups excluding carboxylic acids is 1. The average molecular weight is 282 g/mol. The molecule has 1 aliphatic heterocycles. The maximum atomic E-state index is 11.8. The van der Waals surface area contributed by atoms with Gasteiger partial charge in [-0.05, 0) is 18.6 Å². The van der Waals surface area contributed by atoms with Crippen molar-refractivity contribution in [3.63, 3.8) is 0 Å². The van der Waals surface area contributed by atoms with E-state index in [0.29, 0.717) is 11.4 Å². The van der Waals surface area contributed by atoms with Gasteiger partial charge in [0.2, 0.25) is 0 Å². The van der Waals surface area contributed by atoms with E-state index in [1.165, 1.54) is 12.1 Å². The van der Waals surface area contributed by atoms with Gasteiger partial charge in [0.25, 0.3) is 5.91 Å². The van der Waals surface area contributed by atoms with Crippen LogP contribution in [0.15, 0.2) is 17.3 Å². The first-order valence-corrected chi connectivity index (χ1v) is 6.74. The molecule has 0 radical (unpaired) electrons. The van der Waals surface area contributed by atoms with Crippen LogP contribution in [-0.4, -0.2) is 35.3 Å². The van der Waals surface area contributed by atoms with Crippen LogP contribution in [0.25, 0.3) is 0 Å². The smallest absolute Gasteiger partial charge is 0.345 e. The molecule has 2 heterocycles. The summed E-state index contributed by atoms with van der Waals surface area (Å²) in [7, 11) is 0. The Morgan fingerprint density at radius 3 is 2.84 bits per heavy atom. The molecule has 102 valence electrons. The third-order valence-electron chi connectivity index (χ3n) is 2.73. The number of carboxylic acid groups (broad SMARTS) is 1. The minimum atomic E-state index is -1.02. The van der Waals surface area contributed by atoms with Crippen molar-refractivity contribution < 1.29 is 19.5 Å². The average Bonchev–Trinajstić information content (AvgIpc) is 3.04. The first kappa shape index (κ1) is 13.5. The van der Waals surface area contributed by atoms with Crippen LogP contribution in [0.3, 0.4) is 0 Å². The zero-order valence-electron chi connectivity index (χ0n) is 10.4. The van der Waals surface area contributed by atoms with E-state index in [-0.39, 0.29) is 16.9 Å². The fraction of sp³-hybridized carbons (Fsp3) is 0.417. The Labute approximate surface area is 114 Å². The van der Waals surface area contributed by atoms with Crippen molar-refractivity contribution in [2.45, 2.75) is 25.9 Å². The number of nitrogens with zero attached hydrogens (tertiary/aromatic N) is 1. The van der Waals surface area contributed by atoms with E-state index in [1.54, 1.807) is 0 Å². The van der Waals surface area contributed by atoms with Crippen molar-refractivity contribution in [2.75, 3.05) is 6.54 Å². The van der Waals surface area contributed by atoms with E-state index < -0.39 is 5.97 Å². The Hall–Kier alpha value is -1.89. The molecule has 1 atom stereocenters. The second-order valence-corrected chi connectivity index (χ2v) is 5.21. The summed E-state index contributed by atoms with van der Waals surface area (Å²) in [5.41, 5.74) is 0.989. The molecular weight excluding hydrogens is 268 g/mol. The van der Waals surface area contributed by atoms with Crippen molar-refractivity contribution >= 4 is 28.9 Å². The molecule has 2 rings (SSSR count). The van der Waals surface area contributed by atoms with Crippen LogP contribution in [0, 0.1) is 0 Å². The molecule has 1 aromatic rings. The van der Waals surface area contributed by atoms with Crippen LogP contribution in [0.5, 0.6) is 0 Å². The van der Waals surface area contributed by atoms with Gasteiger partial charge in [-0.1, -0.05) is 12.1 Å². The Bertz CT molecular complexity index is 524. The van der Waals surface area contributed by atoms with Crippen molar-refractivity contribution in [1.29, 1.82) is 0 Å². The Morgan fingerprint density at radius 2 is 2.26 bits per heavy atom. The van der Waals surface area contributed by atoms with E-state index in [1.807, 2.05) is 6.92 Å². The number of hydrogen-bond acceptors (Lipinski definition) is 5. The first-order valence-electron chi connectivity index (χ1n) is 5.93. The Balaban J connectivity index is 1.83. The molecular formula is C12H14N2O4S. The quantitative estimate of drug-likeness (QED) is 0.861. The molecule has 1 amide bonds. The van der Waals surface area contributed by atoms with Crippen LogP contribution in [0.2, 0.25) is 0 Å². The SMILES string of the molecule is CCC1=NO[C@H](CNC(=O)c2ccc(C(=O)O)s2)C1. The summed E-state index contributed by atoms with van der Waals surface area (Å²) in [6, 6.07) is 2.93. The highest BCUT2D eigenvalue weighted by atomic mass is 32.1. The second kappa shape index (κ2) is 5.83. The monoisotopic (exact) mass is 282 g/mol. The van der Waals surface area contributed by atoms with Gasteiger partial charge < -0.3 is 15.3 Å². The number of amides is 1. The largest absolute Gasteiger partial charge is 0.477 e. The van der Waals surface area contributed by atoms with Crippen LogP contribution in [0.4, 0.5) is 0 Å². The van der Waals surface area contributed by atoms with E-state index in [4.69, 9.17) is 9.94 Å². The summed E-state index contributed by atoms with van der Waals surface area (Å²) in [4.78, 5) is 28.2. The molecule has 7 heteroatoms. The van der Waals surface area contributed by atoms with E-state index >= 15 is 0 Å². The number of hydrogen-bond donors (Lipinski definition) is 2. The van der Waals surface area contributed by atoms with Crippen LogP contribution >= 0.6 is 11.3 Å². The summed E-state index contributed by atoms with van der Waals surface area (Å²) in [5, 5.41) is 15.4. The fourth-order valence-corrected chi connectivity index (χ4v) is 2.43. The lowest BCUT2D eigenvalue weighted by Gasteiger charge is -2.08. The highest BCUT2D eigenvalue weighted by Crippen LogP contribution is 2.17. The van der Waals surface area contributed by atoms with Gasteiger partial charge in [0, 0.05) is 6.42 Å². The number of rotatable bonds is 5.